The van der Waals surface area contributed by atoms with Crippen molar-refractivity contribution in [2.24, 2.45) is 0 Å². The number of aliphatic hydroxyl groups excluding tert-OH is 1. The number of allylic oxidation sites excluding steroid dienone is 1. The summed E-state index contributed by atoms with van der Waals surface area (Å²) >= 11 is 0. The zero-order chi connectivity index (χ0) is 8.36. The highest BCUT2D eigenvalue weighted by Crippen LogP contribution is 1.79. The Morgan fingerprint density at radius 3 is 2.82 bits per heavy atom. The minimum Gasteiger partial charge on any atom is -0.392 e. The Balaban J connectivity index is 3.57. The van der Waals surface area contributed by atoms with Gasteiger partial charge in [-0.2, -0.15) is 0 Å². The summed E-state index contributed by atoms with van der Waals surface area (Å²) in [7, 11) is 0. The van der Waals surface area contributed by atoms with Crippen LogP contribution in [0.5, 0.6) is 0 Å². The number of rotatable bonds is 2. The second-order valence-corrected chi connectivity index (χ2v) is 1.91. The molecule has 1 heteroatoms. The first kappa shape index (κ1) is 9.82. The van der Waals surface area contributed by atoms with E-state index in [1.807, 2.05) is 0 Å². The Hall–Kier alpha value is -1.18. The largest absolute Gasteiger partial charge is 0.392 e. The number of aliphatic hydroxyl groups is 1. The summed E-state index contributed by atoms with van der Waals surface area (Å²) in [6.07, 6.45) is 5.15. The third-order valence-electron chi connectivity index (χ3n) is 0.905. The molecule has 0 bridgehead atoms. The van der Waals surface area contributed by atoms with Crippen molar-refractivity contribution in [2.75, 3.05) is 6.61 Å². The quantitative estimate of drug-likeness (QED) is 0.586. The third kappa shape index (κ3) is 8.82. The van der Waals surface area contributed by atoms with Crippen molar-refractivity contribution in [1.29, 1.82) is 0 Å². The van der Waals surface area contributed by atoms with Crippen LogP contribution in [0.1, 0.15) is 19.8 Å². The van der Waals surface area contributed by atoms with Crippen molar-refractivity contribution in [3.8, 4) is 23.7 Å². The molecule has 0 radical (unpaired) electrons. The summed E-state index contributed by atoms with van der Waals surface area (Å²) in [6.45, 7) is 2.12. The molecule has 1 nitrogen and oxygen atoms in total. The van der Waals surface area contributed by atoms with E-state index < -0.39 is 0 Å². The first-order valence-electron chi connectivity index (χ1n) is 3.66. The molecule has 0 saturated carbocycles. The first-order chi connectivity index (χ1) is 5.41. The van der Waals surface area contributed by atoms with Gasteiger partial charge in [-0.15, -0.1) is 0 Å². The van der Waals surface area contributed by atoms with E-state index >= 15 is 0 Å². The van der Waals surface area contributed by atoms with Gasteiger partial charge < -0.3 is 5.11 Å². The maximum absolute atomic E-state index is 8.32. The molecule has 0 unspecified atom stereocenters. The molecule has 58 valence electrons. The van der Waals surface area contributed by atoms with Crippen LogP contribution in [0.2, 0.25) is 0 Å². The maximum atomic E-state index is 8.32. The molecule has 11 heavy (non-hydrogen) atoms. The maximum Gasteiger partial charge on any atom is 0.0621 e. The van der Waals surface area contributed by atoms with Gasteiger partial charge in [0, 0.05) is 6.42 Å². The zero-order valence-corrected chi connectivity index (χ0v) is 6.72. The van der Waals surface area contributed by atoms with Crippen molar-refractivity contribution in [3.05, 3.63) is 12.2 Å². The fourth-order valence-electron chi connectivity index (χ4n) is 0.421. The fraction of sp³-hybridized carbons (Fsp3) is 0.400. The standard InChI is InChI=1S/C10H12O/c1-2-3-4-5-6-7-8-9-10-11/h8-9,11H,2-3,10H2,1H3. The van der Waals surface area contributed by atoms with Gasteiger partial charge in [-0.3, -0.25) is 0 Å². The molecular formula is C10H12O. The third-order valence-corrected chi connectivity index (χ3v) is 0.905. The molecule has 0 fully saturated rings. The van der Waals surface area contributed by atoms with E-state index in [0.717, 1.165) is 12.8 Å². The highest BCUT2D eigenvalue weighted by Gasteiger charge is 1.66. The summed E-state index contributed by atoms with van der Waals surface area (Å²) < 4.78 is 0. The van der Waals surface area contributed by atoms with E-state index in [1.54, 1.807) is 12.2 Å². The van der Waals surface area contributed by atoms with Crippen LogP contribution in [-0.2, 0) is 0 Å². The molecule has 0 atom stereocenters. The van der Waals surface area contributed by atoms with Crippen molar-refractivity contribution >= 4 is 0 Å². The number of unbranched alkanes of at least 4 members (excludes halogenated alkanes) is 1. The first-order valence-corrected chi connectivity index (χ1v) is 3.66. The lowest BCUT2D eigenvalue weighted by Gasteiger charge is -1.72. The van der Waals surface area contributed by atoms with E-state index in [2.05, 4.69) is 30.6 Å². The molecule has 0 rings (SSSR count). The molecule has 0 aliphatic carbocycles. The van der Waals surface area contributed by atoms with E-state index in [9.17, 15) is 0 Å². The Labute approximate surface area is 68.1 Å². The summed E-state index contributed by atoms with van der Waals surface area (Å²) in [5.74, 6) is 10.9. The molecule has 1 N–H and O–H groups in total. The summed E-state index contributed by atoms with van der Waals surface area (Å²) in [5, 5.41) is 8.32. The molecule has 0 aromatic carbocycles. The van der Waals surface area contributed by atoms with Crippen LogP contribution in [0.25, 0.3) is 0 Å². The molecule has 0 aliphatic rings. The summed E-state index contributed by atoms with van der Waals surface area (Å²) in [6, 6.07) is 0. The van der Waals surface area contributed by atoms with Gasteiger partial charge in [-0.05, 0) is 24.3 Å². The van der Waals surface area contributed by atoms with Gasteiger partial charge >= 0.3 is 0 Å². The molecule has 0 heterocycles. The minimum absolute atomic E-state index is 0.0388. The lowest BCUT2D eigenvalue weighted by atomic mass is 10.3. The van der Waals surface area contributed by atoms with Crippen molar-refractivity contribution < 1.29 is 5.11 Å². The minimum atomic E-state index is 0.0388. The van der Waals surface area contributed by atoms with Crippen LogP contribution in [-0.4, -0.2) is 11.7 Å². The fourth-order valence-corrected chi connectivity index (χ4v) is 0.421. The van der Waals surface area contributed by atoms with Gasteiger partial charge in [0.1, 0.15) is 0 Å². The number of hydrogen-bond acceptors (Lipinski definition) is 1. The predicted molar refractivity (Wildman–Crippen MR) is 46.7 cm³/mol. The molecule has 0 spiro atoms. The van der Waals surface area contributed by atoms with Crippen LogP contribution in [0.15, 0.2) is 12.2 Å². The van der Waals surface area contributed by atoms with E-state index in [1.165, 1.54) is 0 Å². The monoisotopic (exact) mass is 148 g/mol. The van der Waals surface area contributed by atoms with Crippen LogP contribution in [0, 0.1) is 23.7 Å². The second-order valence-electron chi connectivity index (χ2n) is 1.91. The molecule has 0 amide bonds. The van der Waals surface area contributed by atoms with Crippen LogP contribution in [0.3, 0.4) is 0 Å². The van der Waals surface area contributed by atoms with Crippen LogP contribution < -0.4 is 0 Å². The summed E-state index contributed by atoms with van der Waals surface area (Å²) in [5.41, 5.74) is 0. The van der Waals surface area contributed by atoms with Crippen molar-refractivity contribution in [2.45, 2.75) is 19.8 Å². The number of hydrogen-bond donors (Lipinski definition) is 1. The normalized spacial score (nSPS) is 8.18. The topological polar surface area (TPSA) is 20.2 Å². The summed E-state index contributed by atoms with van der Waals surface area (Å²) in [4.78, 5) is 0. The SMILES string of the molecule is CCCC#CC#CC=CCO. The molecule has 0 saturated heterocycles. The van der Waals surface area contributed by atoms with Gasteiger partial charge in [0.2, 0.25) is 0 Å². The van der Waals surface area contributed by atoms with E-state index in [4.69, 9.17) is 5.11 Å². The average molecular weight is 148 g/mol. The Morgan fingerprint density at radius 2 is 2.18 bits per heavy atom. The molecule has 0 aromatic rings. The molecular weight excluding hydrogens is 136 g/mol. The van der Waals surface area contributed by atoms with Crippen molar-refractivity contribution in [1.82, 2.24) is 0 Å². The molecule has 0 aliphatic heterocycles. The zero-order valence-electron chi connectivity index (χ0n) is 6.72. The lowest BCUT2D eigenvalue weighted by Crippen LogP contribution is -1.67. The van der Waals surface area contributed by atoms with Crippen LogP contribution in [0.4, 0.5) is 0 Å². The highest BCUT2D eigenvalue weighted by molar-refractivity contribution is 5.30. The van der Waals surface area contributed by atoms with Gasteiger partial charge in [0.15, 0.2) is 0 Å². The van der Waals surface area contributed by atoms with Gasteiger partial charge in [-0.25, -0.2) is 0 Å². The second kappa shape index (κ2) is 8.82. The average Bonchev–Trinajstić information content (AvgIpc) is 2.03. The Kier molecular flexibility index (Phi) is 7.87. The molecule has 0 aromatic heterocycles. The van der Waals surface area contributed by atoms with Crippen molar-refractivity contribution in [3.63, 3.8) is 0 Å². The van der Waals surface area contributed by atoms with E-state index in [0.29, 0.717) is 0 Å². The Morgan fingerprint density at radius 1 is 1.36 bits per heavy atom. The van der Waals surface area contributed by atoms with Gasteiger partial charge in [0.25, 0.3) is 0 Å². The predicted octanol–water partition coefficient (Wildman–Crippen LogP) is 1.34. The Bertz CT molecular complexity index is 217. The van der Waals surface area contributed by atoms with Gasteiger partial charge in [-0.1, -0.05) is 24.8 Å². The van der Waals surface area contributed by atoms with Gasteiger partial charge in [0.05, 0.1) is 6.61 Å². The smallest absolute Gasteiger partial charge is 0.0621 e. The highest BCUT2D eigenvalue weighted by atomic mass is 16.2. The lowest BCUT2D eigenvalue weighted by molar-refractivity contribution is 0.343. The van der Waals surface area contributed by atoms with Crippen LogP contribution >= 0.6 is 0 Å². The van der Waals surface area contributed by atoms with E-state index in [-0.39, 0.29) is 6.61 Å².